The molecule has 1 aromatic carbocycles. The molecule has 0 aliphatic carbocycles. The third kappa shape index (κ3) is 3.23. The highest BCUT2D eigenvalue weighted by molar-refractivity contribution is 5.92. The highest BCUT2D eigenvalue weighted by Crippen LogP contribution is 2.19. The van der Waals surface area contributed by atoms with E-state index in [-0.39, 0.29) is 23.4 Å². The molecule has 20 heavy (non-hydrogen) atoms. The van der Waals surface area contributed by atoms with Gasteiger partial charge in [0.15, 0.2) is 5.89 Å². The molecule has 0 aliphatic heterocycles. The molecule has 4 nitrogen and oxygen atoms in total. The number of amides is 1. The van der Waals surface area contributed by atoms with Gasteiger partial charge in [0.05, 0.1) is 5.69 Å². The zero-order valence-electron chi connectivity index (χ0n) is 11.7. The number of halogens is 1. The Hall–Kier alpha value is -2.17. The van der Waals surface area contributed by atoms with Crippen LogP contribution in [0, 0.1) is 12.7 Å². The normalized spacial score (nSPS) is 10.8. The van der Waals surface area contributed by atoms with Gasteiger partial charge in [-0.25, -0.2) is 9.37 Å². The number of nitrogens with zero attached hydrogens (tertiary/aromatic N) is 1. The first-order chi connectivity index (χ1) is 9.47. The maximum Gasteiger partial charge on any atom is 0.289 e. The lowest BCUT2D eigenvalue weighted by Crippen LogP contribution is -2.23. The third-order valence-corrected chi connectivity index (χ3v) is 2.88. The summed E-state index contributed by atoms with van der Waals surface area (Å²) in [4.78, 5) is 16.3. The number of hydrogen-bond acceptors (Lipinski definition) is 3. The van der Waals surface area contributed by atoms with E-state index in [0.717, 1.165) is 5.56 Å². The van der Waals surface area contributed by atoms with E-state index in [9.17, 15) is 9.18 Å². The summed E-state index contributed by atoms with van der Waals surface area (Å²) in [5, 5.41) is 2.75. The van der Waals surface area contributed by atoms with Crippen molar-refractivity contribution in [2.75, 3.05) is 0 Å². The van der Waals surface area contributed by atoms with E-state index in [2.05, 4.69) is 10.3 Å². The van der Waals surface area contributed by atoms with Crippen LogP contribution in [0.2, 0.25) is 0 Å². The number of aryl methyl sites for hydroxylation is 1. The lowest BCUT2D eigenvalue weighted by molar-refractivity contribution is 0.0920. The van der Waals surface area contributed by atoms with Crippen molar-refractivity contribution in [1.82, 2.24) is 10.3 Å². The molecule has 2 aromatic rings. The van der Waals surface area contributed by atoms with Crippen LogP contribution in [0.4, 0.5) is 4.39 Å². The Bertz CT molecular complexity index is 603. The molecule has 0 bridgehead atoms. The first-order valence-electron chi connectivity index (χ1n) is 6.47. The molecule has 0 aliphatic rings. The monoisotopic (exact) mass is 276 g/mol. The van der Waals surface area contributed by atoms with Crippen molar-refractivity contribution in [3.05, 3.63) is 53.0 Å². The second kappa shape index (κ2) is 5.86. The molecule has 1 amide bonds. The molecule has 1 N–H and O–H groups in total. The maximum atomic E-state index is 12.8. The van der Waals surface area contributed by atoms with Gasteiger partial charge in [0, 0.05) is 13.5 Å². The Labute approximate surface area is 117 Å². The fraction of sp³-hybridized carbons (Fsp3) is 0.333. The minimum Gasteiger partial charge on any atom is -0.436 e. The second-order valence-corrected chi connectivity index (χ2v) is 4.91. The largest absolute Gasteiger partial charge is 0.436 e. The Balaban J connectivity index is 2.07. The van der Waals surface area contributed by atoms with E-state index in [0.29, 0.717) is 18.1 Å². The summed E-state index contributed by atoms with van der Waals surface area (Å²) in [6, 6.07) is 5.98. The molecule has 2 rings (SSSR count). The molecule has 106 valence electrons. The van der Waals surface area contributed by atoms with Crippen molar-refractivity contribution < 1.29 is 13.6 Å². The van der Waals surface area contributed by atoms with Gasteiger partial charge in [-0.2, -0.15) is 0 Å². The molecular weight excluding hydrogens is 259 g/mol. The molecule has 0 saturated heterocycles. The average molecular weight is 276 g/mol. The van der Waals surface area contributed by atoms with Gasteiger partial charge in [-0.05, 0) is 23.6 Å². The zero-order valence-corrected chi connectivity index (χ0v) is 11.7. The molecular formula is C15H17FN2O2. The van der Waals surface area contributed by atoms with Crippen molar-refractivity contribution in [3.8, 4) is 0 Å². The van der Waals surface area contributed by atoms with Crippen LogP contribution in [0.1, 0.15) is 47.5 Å². The van der Waals surface area contributed by atoms with Crippen LogP contribution in [0.25, 0.3) is 0 Å². The Morgan fingerprint density at radius 1 is 1.35 bits per heavy atom. The smallest absolute Gasteiger partial charge is 0.289 e. The van der Waals surface area contributed by atoms with Crippen molar-refractivity contribution in [2.45, 2.75) is 33.2 Å². The Kier molecular flexibility index (Phi) is 4.17. The van der Waals surface area contributed by atoms with Gasteiger partial charge in [0.2, 0.25) is 5.76 Å². The molecule has 0 atom stereocenters. The van der Waals surface area contributed by atoms with E-state index in [1.54, 1.807) is 19.1 Å². The first-order valence-corrected chi connectivity index (χ1v) is 6.47. The predicted molar refractivity (Wildman–Crippen MR) is 72.9 cm³/mol. The van der Waals surface area contributed by atoms with Crippen LogP contribution in [-0.4, -0.2) is 10.9 Å². The molecule has 0 radical (unpaired) electrons. The first kappa shape index (κ1) is 14.2. The van der Waals surface area contributed by atoms with Gasteiger partial charge < -0.3 is 9.73 Å². The van der Waals surface area contributed by atoms with E-state index in [4.69, 9.17) is 4.42 Å². The number of carbonyl (C=O) groups is 1. The number of nitrogens with one attached hydrogen (secondary N) is 1. The van der Waals surface area contributed by atoms with E-state index in [1.807, 2.05) is 13.8 Å². The summed E-state index contributed by atoms with van der Waals surface area (Å²) in [7, 11) is 0. The van der Waals surface area contributed by atoms with Crippen molar-refractivity contribution in [2.24, 2.45) is 0 Å². The summed E-state index contributed by atoms with van der Waals surface area (Å²) in [5.74, 6) is 0.228. The van der Waals surface area contributed by atoms with Crippen LogP contribution in [0.5, 0.6) is 0 Å². The van der Waals surface area contributed by atoms with Gasteiger partial charge in [0.25, 0.3) is 5.91 Å². The third-order valence-electron chi connectivity index (χ3n) is 2.88. The van der Waals surface area contributed by atoms with E-state index < -0.39 is 0 Å². The zero-order chi connectivity index (χ0) is 14.7. The minimum atomic E-state index is -0.307. The molecule has 1 aromatic heterocycles. The van der Waals surface area contributed by atoms with Gasteiger partial charge >= 0.3 is 0 Å². The van der Waals surface area contributed by atoms with Crippen molar-refractivity contribution in [1.29, 1.82) is 0 Å². The number of oxazole rings is 1. The molecule has 0 spiro atoms. The van der Waals surface area contributed by atoms with Gasteiger partial charge in [-0.1, -0.05) is 26.0 Å². The summed E-state index contributed by atoms with van der Waals surface area (Å²) in [5.41, 5.74) is 1.47. The summed E-state index contributed by atoms with van der Waals surface area (Å²) < 4.78 is 18.1. The highest BCUT2D eigenvalue weighted by Gasteiger charge is 2.20. The lowest BCUT2D eigenvalue weighted by atomic mass is 10.1. The van der Waals surface area contributed by atoms with Crippen LogP contribution in [0.15, 0.2) is 28.7 Å². The van der Waals surface area contributed by atoms with E-state index >= 15 is 0 Å². The van der Waals surface area contributed by atoms with Gasteiger partial charge in [-0.3, -0.25) is 4.79 Å². The molecule has 1 heterocycles. The summed E-state index contributed by atoms with van der Waals surface area (Å²) in [6.45, 7) is 5.93. The number of hydrogen-bond donors (Lipinski definition) is 1. The van der Waals surface area contributed by atoms with Crippen LogP contribution in [0.3, 0.4) is 0 Å². The fourth-order valence-corrected chi connectivity index (χ4v) is 1.86. The standard InChI is InChI=1S/C15H17FN2O2/c1-9(2)13-14(20-10(3)18-13)15(19)17-8-11-4-6-12(16)7-5-11/h4-7,9H,8H2,1-3H3,(H,17,19). The summed E-state index contributed by atoms with van der Waals surface area (Å²) in [6.07, 6.45) is 0. The number of carbonyl (C=O) groups excluding carboxylic acids is 1. The Morgan fingerprint density at radius 2 is 2.00 bits per heavy atom. The van der Waals surface area contributed by atoms with Gasteiger partial charge in [0.1, 0.15) is 5.82 Å². The highest BCUT2D eigenvalue weighted by atomic mass is 19.1. The van der Waals surface area contributed by atoms with Crippen LogP contribution in [-0.2, 0) is 6.54 Å². The minimum absolute atomic E-state index is 0.110. The van der Waals surface area contributed by atoms with Crippen LogP contribution >= 0.6 is 0 Å². The molecule has 0 fully saturated rings. The van der Waals surface area contributed by atoms with E-state index in [1.165, 1.54) is 12.1 Å². The molecule has 0 unspecified atom stereocenters. The van der Waals surface area contributed by atoms with Crippen molar-refractivity contribution >= 4 is 5.91 Å². The number of benzene rings is 1. The summed E-state index contributed by atoms with van der Waals surface area (Å²) >= 11 is 0. The average Bonchev–Trinajstić information content (AvgIpc) is 2.80. The SMILES string of the molecule is Cc1nc(C(C)C)c(C(=O)NCc2ccc(F)cc2)o1. The number of rotatable bonds is 4. The van der Waals surface area contributed by atoms with Gasteiger partial charge in [-0.15, -0.1) is 0 Å². The quantitative estimate of drug-likeness (QED) is 0.933. The second-order valence-electron chi connectivity index (χ2n) is 4.91. The fourth-order valence-electron chi connectivity index (χ4n) is 1.86. The predicted octanol–water partition coefficient (Wildman–Crippen LogP) is 3.18. The van der Waals surface area contributed by atoms with Crippen LogP contribution < -0.4 is 5.32 Å². The van der Waals surface area contributed by atoms with Crippen molar-refractivity contribution in [3.63, 3.8) is 0 Å². The Morgan fingerprint density at radius 3 is 2.60 bits per heavy atom. The molecule has 5 heteroatoms. The maximum absolute atomic E-state index is 12.8. The number of aromatic nitrogens is 1. The lowest BCUT2D eigenvalue weighted by Gasteiger charge is -2.06. The topological polar surface area (TPSA) is 55.1 Å². The molecule has 0 saturated carbocycles.